The highest BCUT2D eigenvalue weighted by Crippen LogP contribution is 2.23. The molecule has 0 saturated heterocycles. The molecule has 13 heteroatoms. The summed E-state index contributed by atoms with van der Waals surface area (Å²) in [5.74, 6) is -1.94. The number of anilines is 3. The van der Waals surface area contributed by atoms with Crippen LogP contribution in [-0.4, -0.2) is 19.5 Å². The van der Waals surface area contributed by atoms with Gasteiger partial charge in [-0.15, -0.1) is 4.57 Å². The van der Waals surface area contributed by atoms with Crippen molar-refractivity contribution in [2.45, 2.75) is 13.0 Å². The van der Waals surface area contributed by atoms with Gasteiger partial charge in [-0.3, -0.25) is 9.36 Å². The standard InChI is InChI=1S/C21H14F2N10O/c1-10(28-21-31-19(26)30-20(27)32(21)9-25)17-29-16-11(8-24)5-13(23)7-15(16)18(34)33(17)14-4-2-3-12(22)6-14/h2-7,10H,1H3,(H4,26,27,28,30,31)/p+1/t10-/m0/s1. The van der Waals surface area contributed by atoms with Gasteiger partial charge in [0.15, 0.2) is 0 Å². The number of nitrogens with two attached hydrogens (primary N) is 2. The van der Waals surface area contributed by atoms with E-state index in [2.05, 4.69) is 20.3 Å². The lowest BCUT2D eigenvalue weighted by molar-refractivity contribution is -0.561. The van der Waals surface area contributed by atoms with Gasteiger partial charge in [0.1, 0.15) is 29.6 Å². The van der Waals surface area contributed by atoms with E-state index in [-0.39, 0.29) is 45.8 Å². The lowest BCUT2D eigenvalue weighted by atomic mass is 10.1. The van der Waals surface area contributed by atoms with E-state index < -0.39 is 23.2 Å². The van der Waals surface area contributed by atoms with Gasteiger partial charge >= 0.3 is 17.8 Å². The number of nitrogens with one attached hydrogen (secondary N) is 1. The van der Waals surface area contributed by atoms with Crippen LogP contribution in [0.15, 0.2) is 41.2 Å². The Kier molecular flexibility index (Phi) is 5.45. The zero-order valence-electron chi connectivity index (χ0n) is 17.5. The molecule has 0 aliphatic carbocycles. The van der Waals surface area contributed by atoms with Crippen LogP contribution in [0.3, 0.4) is 0 Å². The first-order chi connectivity index (χ1) is 16.2. The number of nitrogen functional groups attached to an aromatic ring is 2. The molecule has 4 aromatic rings. The highest BCUT2D eigenvalue weighted by atomic mass is 19.1. The first-order valence-electron chi connectivity index (χ1n) is 9.67. The first kappa shape index (κ1) is 22.0. The molecule has 2 aromatic carbocycles. The molecule has 5 N–H and O–H groups in total. The minimum atomic E-state index is -0.870. The van der Waals surface area contributed by atoms with Crippen molar-refractivity contribution in [2.24, 2.45) is 0 Å². The number of fused-ring (bicyclic) bond motifs is 1. The molecule has 0 unspecified atom stereocenters. The van der Waals surface area contributed by atoms with Crippen LogP contribution in [-0.2, 0) is 0 Å². The van der Waals surface area contributed by atoms with Crippen molar-refractivity contribution < 1.29 is 13.3 Å². The summed E-state index contributed by atoms with van der Waals surface area (Å²) in [6.45, 7) is 1.58. The third kappa shape index (κ3) is 3.78. The Morgan fingerprint density at radius 1 is 1.12 bits per heavy atom. The number of halogens is 2. The molecule has 0 aliphatic heterocycles. The second-order valence-corrected chi connectivity index (χ2v) is 7.12. The molecule has 0 spiro atoms. The summed E-state index contributed by atoms with van der Waals surface area (Å²) >= 11 is 0. The molecule has 4 rings (SSSR count). The molecule has 0 fully saturated rings. The van der Waals surface area contributed by atoms with Gasteiger partial charge in [0.2, 0.25) is 0 Å². The third-order valence-corrected chi connectivity index (χ3v) is 4.87. The van der Waals surface area contributed by atoms with Crippen LogP contribution in [0, 0.1) is 34.4 Å². The van der Waals surface area contributed by atoms with Crippen molar-refractivity contribution in [3.05, 3.63) is 69.8 Å². The molecule has 34 heavy (non-hydrogen) atoms. The van der Waals surface area contributed by atoms with Crippen LogP contribution >= 0.6 is 0 Å². The number of aromatic nitrogens is 5. The smallest absolute Gasteiger partial charge is 0.321 e. The van der Waals surface area contributed by atoms with Gasteiger partial charge in [0, 0.05) is 0 Å². The fourth-order valence-electron chi connectivity index (χ4n) is 3.43. The minimum absolute atomic E-state index is 0.0199. The van der Waals surface area contributed by atoms with Crippen LogP contribution < -0.4 is 26.9 Å². The Balaban J connectivity index is 2.01. The maximum Gasteiger partial charge on any atom is 0.321 e. The number of benzene rings is 2. The number of nitriles is 2. The van der Waals surface area contributed by atoms with Crippen molar-refractivity contribution in [3.63, 3.8) is 0 Å². The summed E-state index contributed by atoms with van der Waals surface area (Å²) in [5.41, 5.74) is 10.5. The summed E-state index contributed by atoms with van der Waals surface area (Å²) < 4.78 is 30.1. The van der Waals surface area contributed by atoms with Gasteiger partial charge in [-0.1, -0.05) is 21.3 Å². The molecule has 11 nitrogen and oxygen atoms in total. The lowest BCUT2D eigenvalue weighted by Crippen LogP contribution is -2.39. The maximum atomic E-state index is 14.1. The van der Waals surface area contributed by atoms with Crippen molar-refractivity contribution in [2.75, 3.05) is 16.8 Å². The summed E-state index contributed by atoms with van der Waals surface area (Å²) in [4.78, 5) is 25.5. The number of rotatable bonds is 4. The molecular formula is C21H15F2N10O+. The third-order valence-electron chi connectivity index (χ3n) is 4.87. The van der Waals surface area contributed by atoms with Gasteiger partial charge in [-0.25, -0.2) is 13.8 Å². The number of nitrogens with zero attached hydrogens (tertiary/aromatic N) is 7. The van der Waals surface area contributed by atoms with E-state index in [0.29, 0.717) is 0 Å². The molecule has 2 heterocycles. The molecule has 1 atom stereocenters. The Bertz CT molecular complexity index is 1600. The van der Waals surface area contributed by atoms with Crippen LogP contribution in [0.1, 0.15) is 24.4 Å². The zero-order chi connectivity index (χ0) is 24.6. The van der Waals surface area contributed by atoms with E-state index in [1.807, 2.05) is 6.07 Å². The van der Waals surface area contributed by atoms with E-state index in [4.69, 9.17) is 11.5 Å². The first-order valence-corrected chi connectivity index (χ1v) is 9.67. The van der Waals surface area contributed by atoms with Gasteiger partial charge in [-0.2, -0.15) is 5.26 Å². The topological polar surface area (TPSA) is 176 Å². The summed E-state index contributed by atoms with van der Waals surface area (Å²) in [6, 6.07) is 8.03. The molecular weight excluding hydrogens is 446 g/mol. The Morgan fingerprint density at radius 2 is 1.88 bits per heavy atom. The van der Waals surface area contributed by atoms with E-state index in [9.17, 15) is 24.1 Å². The second-order valence-electron chi connectivity index (χ2n) is 7.12. The molecule has 0 radical (unpaired) electrons. The second kappa shape index (κ2) is 8.40. The van der Waals surface area contributed by atoms with E-state index in [1.54, 1.807) is 13.1 Å². The molecule has 0 saturated carbocycles. The molecule has 0 aliphatic rings. The van der Waals surface area contributed by atoms with Gasteiger partial charge < -0.3 is 16.8 Å². The highest BCUT2D eigenvalue weighted by Gasteiger charge is 2.24. The monoisotopic (exact) mass is 461 g/mol. The van der Waals surface area contributed by atoms with Crippen LogP contribution in [0.2, 0.25) is 0 Å². The fraction of sp³-hybridized carbons (Fsp3) is 0.0952. The average Bonchev–Trinajstić information content (AvgIpc) is 2.78. The van der Waals surface area contributed by atoms with Crippen molar-refractivity contribution in [1.82, 2.24) is 19.5 Å². The normalized spacial score (nSPS) is 11.6. The number of hydrogen-bond acceptors (Lipinski definition) is 9. The minimum Gasteiger partial charge on any atom is -0.354 e. The zero-order valence-corrected chi connectivity index (χ0v) is 17.5. The average molecular weight is 461 g/mol. The summed E-state index contributed by atoms with van der Waals surface area (Å²) in [5, 5.41) is 21.6. The van der Waals surface area contributed by atoms with E-state index in [0.717, 1.165) is 27.3 Å². The molecule has 0 amide bonds. The Hall–Kier alpha value is -5.17. The van der Waals surface area contributed by atoms with Crippen molar-refractivity contribution in [1.29, 1.82) is 10.5 Å². The SMILES string of the molecule is C[C@H](Nc1nc(N)nc(N)[n+]1C#N)c1nc2c(C#N)cc(F)cc2c(=O)n1-c1cccc(F)c1. The lowest BCUT2D eigenvalue weighted by Gasteiger charge is -2.19. The Morgan fingerprint density at radius 3 is 2.56 bits per heavy atom. The van der Waals surface area contributed by atoms with Gasteiger partial charge in [0.25, 0.3) is 11.8 Å². The fourth-order valence-corrected chi connectivity index (χ4v) is 3.43. The van der Waals surface area contributed by atoms with E-state index in [1.165, 1.54) is 18.2 Å². The summed E-state index contributed by atoms with van der Waals surface area (Å²) in [7, 11) is 0. The number of hydrogen-bond donors (Lipinski definition) is 3. The van der Waals surface area contributed by atoms with Gasteiger partial charge in [0.05, 0.1) is 22.2 Å². The van der Waals surface area contributed by atoms with Crippen LogP contribution in [0.5, 0.6) is 0 Å². The summed E-state index contributed by atoms with van der Waals surface area (Å²) in [6.07, 6.45) is 1.79. The highest BCUT2D eigenvalue weighted by molar-refractivity contribution is 5.84. The maximum absolute atomic E-state index is 14.1. The quantitative estimate of drug-likeness (QED) is 0.378. The van der Waals surface area contributed by atoms with Gasteiger partial charge in [-0.05, 0) is 37.3 Å². The predicted octanol–water partition coefficient (Wildman–Crippen LogP) is 1.28. The Labute approximate surface area is 190 Å². The van der Waals surface area contributed by atoms with Crippen LogP contribution in [0.25, 0.3) is 16.6 Å². The van der Waals surface area contributed by atoms with E-state index >= 15 is 0 Å². The van der Waals surface area contributed by atoms with Crippen molar-refractivity contribution in [3.8, 4) is 17.9 Å². The largest absolute Gasteiger partial charge is 0.354 e. The molecule has 0 bridgehead atoms. The molecule has 2 aromatic heterocycles. The predicted molar refractivity (Wildman–Crippen MR) is 116 cm³/mol. The van der Waals surface area contributed by atoms with Crippen LogP contribution in [0.4, 0.5) is 26.6 Å². The van der Waals surface area contributed by atoms with Crippen molar-refractivity contribution >= 4 is 28.7 Å². The molecule has 168 valence electrons.